The van der Waals surface area contributed by atoms with E-state index in [1.807, 2.05) is 11.8 Å². The van der Waals surface area contributed by atoms with Gasteiger partial charge in [-0.1, -0.05) is 13.8 Å². The van der Waals surface area contributed by atoms with Crippen LogP contribution < -0.4 is 5.32 Å². The molecule has 0 aliphatic heterocycles. The molecule has 1 N–H and O–H groups in total. The zero-order chi connectivity index (χ0) is 14.3. The third kappa shape index (κ3) is 6.50. The van der Waals surface area contributed by atoms with Crippen molar-refractivity contribution in [2.45, 2.75) is 39.9 Å². The van der Waals surface area contributed by atoms with Crippen molar-refractivity contribution in [1.82, 2.24) is 10.2 Å². The van der Waals surface area contributed by atoms with Crippen molar-refractivity contribution in [3.05, 3.63) is 23.7 Å². The lowest BCUT2D eigenvalue weighted by atomic mass is 10.2. The first kappa shape index (κ1) is 16.6. The van der Waals surface area contributed by atoms with E-state index in [0.717, 1.165) is 36.9 Å². The van der Waals surface area contributed by atoms with Crippen LogP contribution in [0, 0.1) is 5.92 Å². The van der Waals surface area contributed by atoms with Crippen LogP contribution in [-0.4, -0.2) is 36.5 Å². The van der Waals surface area contributed by atoms with Crippen LogP contribution in [0.15, 0.2) is 16.5 Å². The minimum atomic E-state index is 0.572. The number of nitrogens with one attached hydrogen (secondary N) is 1. The molecule has 4 heteroatoms. The first-order chi connectivity index (χ1) is 9.02. The van der Waals surface area contributed by atoms with Crippen LogP contribution in [-0.2, 0) is 13.1 Å². The van der Waals surface area contributed by atoms with E-state index in [0.29, 0.717) is 12.0 Å². The van der Waals surface area contributed by atoms with Crippen LogP contribution >= 0.6 is 11.8 Å². The van der Waals surface area contributed by atoms with Crippen LogP contribution in [0.2, 0.25) is 0 Å². The Hall–Kier alpha value is -0.450. The molecule has 0 aromatic carbocycles. The fourth-order valence-electron chi connectivity index (χ4n) is 1.86. The van der Waals surface area contributed by atoms with E-state index in [2.05, 4.69) is 56.4 Å². The zero-order valence-electron chi connectivity index (χ0n) is 12.9. The lowest BCUT2D eigenvalue weighted by Crippen LogP contribution is -2.30. The maximum Gasteiger partial charge on any atom is 0.118 e. The Morgan fingerprint density at radius 1 is 1.26 bits per heavy atom. The average Bonchev–Trinajstić information content (AvgIpc) is 2.76. The van der Waals surface area contributed by atoms with Gasteiger partial charge in [-0.3, -0.25) is 4.90 Å². The molecule has 1 aromatic heterocycles. The topological polar surface area (TPSA) is 28.4 Å². The molecule has 0 saturated heterocycles. The summed E-state index contributed by atoms with van der Waals surface area (Å²) in [6.45, 7) is 9.41. The number of hydrogen-bond donors (Lipinski definition) is 1. The summed E-state index contributed by atoms with van der Waals surface area (Å²) in [7, 11) is 2.15. The number of furan rings is 1. The maximum absolute atomic E-state index is 5.85. The summed E-state index contributed by atoms with van der Waals surface area (Å²) >= 11 is 1.89. The summed E-state index contributed by atoms with van der Waals surface area (Å²) < 4.78 is 5.85. The quantitative estimate of drug-likeness (QED) is 0.754. The Labute approximate surface area is 122 Å². The molecule has 0 aliphatic carbocycles. The lowest BCUT2D eigenvalue weighted by molar-refractivity contribution is 0.244. The minimum absolute atomic E-state index is 0.572. The summed E-state index contributed by atoms with van der Waals surface area (Å²) in [5.41, 5.74) is 0. The van der Waals surface area contributed by atoms with Crippen LogP contribution in [0.25, 0.3) is 0 Å². The van der Waals surface area contributed by atoms with Gasteiger partial charge >= 0.3 is 0 Å². The molecule has 19 heavy (non-hydrogen) atoms. The highest BCUT2D eigenvalue weighted by Crippen LogP contribution is 2.13. The highest BCUT2D eigenvalue weighted by atomic mass is 32.2. The van der Waals surface area contributed by atoms with Gasteiger partial charge in [0.2, 0.25) is 0 Å². The molecule has 1 unspecified atom stereocenters. The predicted octanol–water partition coefficient (Wildman–Crippen LogP) is 3.21. The van der Waals surface area contributed by atoms with E-state index in [1.54, 1.807) is 0 Å². The van der Waals surface area contributed by atoms with Gasteiger partial charge in [-0.15, -0.1) is 0 Å². The number of hydrogen-bond acceptors (Lipinski definition) is 4. The van der Waals surface area contributed by atoms with E-state index < -0.39 is 0 Å². The van der Waals surface area contributed by atoms with Crippen molar-refractivity contribution in [1.29, 1.82) is 0 Å². The highest BCUT2D eigenvalue weighted by molar-refractivity contribution is 7.98. The van der Waals surface area contributed by atoms with Crippen LogP contribution in [0.3, 0.4) is 0 Å². The Morgan fingerprint density at radius 3 is 2.58 bits per heavy atom. The van der Waals surface area contributed by atoms with Gasteiger partial charge in [-0.25, -0.2) is 0 Å². The first-order valence-electron chi connectivity index (χ1n) is 7.00. The van der Waals surface area contributed by atoms with Crippen molar-refractivity contribution in [2.24, 2.45) is 5.92 Å². The van der Waals surface area contributed by atoms with Crippen LogP contribution in [0.4, 0.5) is 0 Å². The molecule has 0 radical (unpaired) electrons. The van der Waals surface area contributed by atoms with Gasteiger partial charge in [-0.05, 0) is 44.8 Å². The number of rotatable bonds is 9. The molecule has 110 valence electrons. The number of thioether (sulfide) groups is 1. The molecule has 3 nitrogen and oxygen atoms in total. The fraction of sp³-hybridized carbons (Fsp3) is 0.733. The Bertz CT molecular complexity index is 352. The normalized spacial score (nSPS) is 13.4. The van der Waals surface area contributed by atoms with Gasteiger partial charge in [0.05, 0.1) is 13.1 Å². The monoisotopic (exact) mass is 284 g/mol. The third-order valence-electron chi connectivity index (χ3n) is 3.13. The molecule has 1 aromatic rings. The Balaban J connectivity index is 2.37. The largest absolute Gasteiger partial charge is 0.463 e. The van der Waals surface area contributed by atoms with Crippen molar-refractivity contribution in [3.63, 3.8) is 0 Å². The first-order valence-corrected chi connectivity index (χ1v) is 8.39. The summed E-state index contributed by atoms with van der Waals surface area (Å²) in [6.07, 6.45) is 2.15. The van der Waals surface area contributed by atoms with Gasteiger partial charge in [0.25, 0.3) is 0 Å². The predicted molar refractivity (Wildman–Crippen MR) is 84.6 cm³/mol. The second-order valence-electron chi connectivity index (χ2n) is 5.61. The number of nitrogens with zero attached hydrogens (tertiary/aromatic N) is 1. The van der Waals surface area contributed by atoms with Crippen molar-refractivity contribution >= 4 is 11.8 Å². The molecule has 1 rings (SSSR count). The summed E-state index contributed by atoms with van der Waals surface area (Å²) in [5.74, 6) is 3.91. The molecule has 0 bridgehead atoms. The van der Waals surface area contributed by atoms with Crippen molar-refractivity contribution in [2.75, 3.05) is 25.6 Å². The van der Waals surface area contributed by atoms with E-state index in [-0.39, 0.29) is 0 Å². The molecular formula is C15H28N2OS. The zero-order valence-corrected chi connectivity index (χ0v) is 13.7. The second kappa shape index (κ2) is 8.67. The molecule has 0 aliphatic rings. The molecular weight excluding hydrogens is 256 g/mol. The molecule has 0 amide bonds. The molecule has 1 atom stereocenters. The second-order valence-corrected chi connectivity index (χ2v) is 6.52. The van der Waals surface area contributed by atoms with Gasteiger partial charge in [0.15, 0.2) is 0 Å². The summed E-state index contributed by atoms with van der Waals surface area (Å²) in [4.78, 5) is 2.33. The van der Waals surface area contributed by atoms with Gasteiger partial charge < -0.3 is 9.73 Å². The Kier molecular flexibility index (Phi) is 7.57. The van der Waals surface area contributed by atoms with E-state index >= 15 is 0 Å². The Morgan fingerprint density at radius 2 is 1.95 bits per heavy atom. The SMILES string of the molecule is CSCC(C)N(C)Cc1ccc(CNCC(C)C)o1. The van der Waals surface area contributed by atoms with Crippen LogP contribution in [0.5, 0.6) is 0 Å². The molecule has 0 spiro atoms. The molecule has 1 heterocycles. The van der Waals surface area contributed by atoms with Crippen LogP contribution in [0.1, 0.15) is 32.3 Å². The minimum Gasteiger partial charge on any atom is -0.463 e. The smallest absolute Gasteiger partial charge is 0.118 e. The van der Waals surface area contributed by atoms with Crippen molar-refractivity contribution in [3.8, 4) is 0 Å². The van der Waals surface area contributed by atoms with Crippen molar-refractivity contribution < 1.29 is 4.42 Å². The molecule has 0 saturated carbocycles. The lowest BCUT2D eigenvalue weighted by Gasteiger charge is -2.22. The van der Waals surface area contributed by atoms with Gasteiger partial charge in [0.1, 0.15) is 11.5 Å². The molecule has 0 fully saturated rings. The van der Waals surface area contributed by atoms with E-state index in [9.17, 15) is 0 Å². The van der Waals surface area contributed by atoms with Gasteiger partial charge in [0, 0.05) is 11.8 Å². The maximum atomic E-state index is 5.85. The van der Waals surface area contributed by atoms with E-state index in [1.165, 1.54) is 0 Å². The van der Waals surface area contributed by atoms with E-state index in [4.69, 9.17) is 4.42 Å². The standard InChI is InChI=1S/C15H28N2OS/c1-12(2)8-16-9-14-6-7-15(18-14)10-17(4)13(3)11-19-5/h6-7,12-13,16H,8-11H2,1-5H3. The average molecular weight is 284 g/mol. The fourth-order valence-corrected chi connectivity index (χ4v) is 2.59. The summed E-state index contributed by atoms with van der Waals surface area (Å²) in [5, 5.41) is 3.40. The summed E-state index contributed by atoms with van der Waals surface area (Å²) in [6, 6.07) is 4.74. The third-order valence-corrected chi connectivity index (χ3v) is 3.95. The highest BCUT2D eigenvalue weighted by Gasteiger charge is 2.11. The van der Waals surface area contributed by atoms with Gasteiger partial charge in [-0.2, -0.15) is 11.8 Å².